The van der Waals surface area contributed by atoms with Crippen LogP contribution >= 0.6 is 0 Å². The molecule has 0 atom stereocenters. The van der Waals surface area contributed by atoms with E-state index in [9.17, 15) is 30.7 Å². The van der Waals surface area contributed by atoms with Crippen LogP contribution in [-0.4, -0.2) is 0 Å². The standard InChI is InChI=1S/C31H37F7O/c1-2-3-4-5-20-6-8-21(9-7-20)22-10-12-23(13-11-22)24-14-16-25(17-15-24)31(37,38)39-26-18-27(32)29(28(33)19-26)30(34,35)36/h14-23H,2-13H2,1H3/t20-,21-,22-,23-. The molecule has 0 unspecified atom stereocenters. The van der Waals surface area contributed by atoms with E-state index in [1.807, 2.05) is 0 Å². The van der Waals surface area contributed by atoms with Gasteiger partial charge in [-0.15, -0.1) is 0 Å². The largest absolute Gasteiger partial charge is 0.429 e. The second kappa shape index (κ2) is 12.5. The topological polar surface area (TPSA) is 9.23 Å². The van der Waals surface area contributed by atoms with E-state index in [2.05, 4.69) is 11.7 Å². The molecule has 0 amide bonds. The summed E-state index contributed by atoms with van der Waals surface area (Å²) in [5.41, 5.74) is -1.73. The smallest absolute Gasteiger partial charge is 0.426 e. The lowest BCUT2D eigenvalue weighted by Gasteiger charge is -2.38. The van der Waals surface area contributed by atoms with Crippen LogP contribution in [-0.2, 0) is 12.3 Å². The molecule has 2 saturated carbocycles. The number of hydrogen-bond acceptors (Lipinski definition) is 1. The first-order valence-corrected chi connectivity index (χ1v) is 14.2. The lowest BCUT2D eigenvalue weighted by molar-refractivity contribution is -0.185. The van der Waals surface area contributed by atoms with E-state index in [0.717, 1.165) is 49.0 Å². The van der Waals surface area contributed by atoms with Crippen LogP contribution in [0.15, 0.2) is 36.4 Å². The first-order chi connectivity index (χ1) is 18.5. The summed E-state index contributed by atoms with van der Waals surface area (Å²) in [6.07, 6.45) is 5.67. The zero-order valence-corrected chi connectivity index (χ0v) is 22.3. The Labute approximate surface area is 226 Å². The summed E-state index contributed by atoms with van der Waals surface area (Å²) >= 11 is 0. The van der Waals surface area contributed by atoms with Crippen molar-refractivity contribution in [1.82, 2.24) is 0 Å². The highest BCUT2D eigenvalue weighted by Gasteiger charge is 2.40. The molecule has 0 spiro atoms. The van der Waals surface area contributed by atoms with Gasteiger partial charge in [0.1, 0.15) is 22.9 Å². The molecule has 0 aromatic heterocycles. The van der Waals surface area contributed by atoms with Gasteiger partial charge in [-0.05, 0) is 79.9 Å². The molecule has 2 aliphatic rings. The second-order valence-corrected chi connectivity index (χ2v) is 11.4. The third-order valence-corrected chi connectivity index (χ3v) is 8.81. The Morgan fingerprint density at radius 3 is 1.79 bits per heavy atom. The molecule has 0 radical (unpaired) electrons. The van der Waals surface area contributed by atoms with Crippen LogP contribution in [0, 0.1) is 29.4 Å². The molecule has 216 valence electrons. The van der Waals surface area contributed by atoms with Gasteiger partial charge in [-0.2, -0.15) is 22.0 Å². The Morgan fingerprint density at radius 2 is 1.28 bits per heavy atom. The summed E-state index contributed by atoms with van der Waals surface area (Å²) in [5.74, 6) is -2.35. The van der Waals surface area contributed by atoms with Crippen LogP contribution in [0.3, 0.4) is 0 Å². The molecule has 2 aliphatic carbocycles. The van der Waals surface area contributed by atoms with Crippen LogP contribution < -0.4 is 4.74 Å². The average Bonchev–Trinajstić information content (AvgIpc) is 2.88. The molecule has 2 fully saturated rings. The number of benzene rings is 2. The van der Waals surface area contributed by atoms with Crippen molar-refractivity contribution in [2.45, 2.75) is 102 Å². The van der Waals surface area contributed by atoms with E-state index in [0.29, 0.717) is 0 Å². The molecule has 39 heavy (non-hydrogen) atoms. The summed E-state index contributed by atoms with van der Waals surface area (Å²) in [5, 5.41) is 0. The molecular weight excluding hydrogens is 521 g/mol. The fourth-order valence-electron chi connectivity index (χ4n) is 6.59. The number of alkyl halides is 5. The summed E-state index contributed by atoms with van der Waals surface area (Å²) in [6, 6.07) is 5.88. The highest BCUT2D eigenvalue weighted by Crippen LogP contribution is 2.45. The maximum absolute atomic E-state index is 14.7. The molecule has 2 aromatic rings. The first kappa shape index (κ1) is 29.7. The van der Waals surface area contributed by atoms with Crippen molar-refractivity contribution in [1.29, 1.82) is 0 Å². The number of ether oxygens (including phenoxy) is 1. The average molecular weight is 559 g/mol. The highest BCUT2D eigenvalue weighted by molar-refractivity contribution is 5.34. The van der Waals surface area contributed by atoms with Gasteiger partial charge in [0.15, 0.2) is 0 Å². The van der Waals surface area contributed by atoms with E-state index >= 15 is 0 Å². The fourth-order valence-corrected chi connectivity index (χ4v) is 6.59. The van der Waals surface area contributed by atoms with Gasteiger partial charge < -0.3 is 4.74 Å². The van der Waals surface area contributed by atoms with E-state index in [1.165, 1.54) is 63.5 Å². The highest BCUT2D eigenvalue weighted by atomic mass is 19.4. The SMILES string of the molecule is CCCCC[C@H]1CC[C@H]([C@H]2CC[C@H](c3ccc(C(F)(F)Oc4cc(F)c(C(F)(F)F)c(F)c4)cc3)CC2)CC1. The molecule has 0 aliphatic heterocycles. The van der Waals surface area contributed by atoms with Crippen molar-refractivity contribution in [3.05, 3.63) is 64.7 Å². The Kier molecular flexibility index (Phi) is 9.53. The van der Waals surface area contributed by atoms with Gasteiger partial charge >= 0.3 is 12.3 Å². The number of unbranched alkanes of at least 4 members (excludes halogenated alkanes) is 2. The number of halogens is 7. The predicted octanol–water partition coefficient (Wildman–Crippen LogP) is 10.8. The van der Waals surface area contributed by atoms with Crippen molar-refractivity contribution in [3.8, 4) is 5.75 Å². The molecule has 4 rings (SSSR count). The van der Waals surface area contributed by atoms with Crippen molar-refractivity contribution in [2.75, 3.05) is 0 Å². The zero-order valence-electron chi connectivity index (χ0n) is 22.3. The molecule has 8 heteroatoms. The molecule has 0 bridgehead atoms. The van der Waals surface area contributed by atoms with Gasteiger partial charge in [0.25, 0.3) is 0 Å². The van der Waals surface area contributed by atoms with Gasteiger partial charge in [0, 0.05) is 12.1 Å². The Bertz CT molecular complexity index is 1040. The minimum Gasteiger partial charge on any atom is -0.429 e. The Balaban J connectivity index is 1.30. The maximum Gasteiger partial charge on any atom is 0.426 e. The van der Waals surface area contributed by atoms with E-state index in [-0.39, 0.29) is 18.1 Å². The summed E-state index contributed by atoms with van der Waals surface area (Å²) in [7, 11) is 0. The molecular formula is C31H37F7O. The molecule has 1 nitrogen and oxygen atoms in total. The third-order valence-electron chi connectivity index (χ3n) is 8.81. The van der Waals surface area contributed by atoms with Gasteiger partial charge in [-0.25, -0.2) is 8.78 Å². The lowest BCUT2D eigenvalue weighted by atomic mass is 9.68. The monoisotopic (exact) mass is 558 g/mol. The molecule has 0 saturated heterocycles. The van der Waals surface area contributed by atoms with Crippen LogP contribution in [0.5, 0.6) is 5.75 Å². The van der Waals surface area contributed by atoms with Gasteiger partial charge in [0.05, 0.1) is 5.56 Å². The van der Waals surface area contributed by atoms with Crippen molar-refractivity contribution < 1.29 is 35.5 Å². The Hall–Kier alpha value is -2.25. The molecule has 2 aromatic carbocycles. The third kappa shape index (κ3) is 7.49. The Morgan fingerprint density at radius 1 is 0.744 bits per heavy atom. The molecule has 0 N–H and O–H groups in total. The van der Waals surface area contributed by atoms with Crippen LogP contribution in [0.4, 0.5) is 30.7 Å². The fraction of sp³-hybridized carbons (Fsp3) is 0.613. The van der Waals surface area contributed by atoms with E-state index < -0.39 is 40.8 Å². The zero-order chi connectivity index (χ0) is 28.2. The number of rotatable bonds is 9. The summed E-state index contributed by atoms with van der Waals surface area (Å²) < 4.78 is 99.6. The quantitative estimate of drug-likeness (QED) is 0.220. The lowest BCUT2D eigenvalue weighted by Crippen LogP contribution is -2.25. The van der Waals surface area contributed by atoms with Gasteiger partial charge in [0.2, 0.25) is 0 Å². The van der Waals surface area contributed by atoms with Gasteiger partial charge in [-0.1, -0.05) is 57.6 Å². The van der Waals surface area contributed by atoms with Crippen LogP contribution in [0.2, 0.25) is 0 Å². The minimum atomic E-state index is -5.29. The minimum absolute atomic E-state index is 0.117. The van der Waals surface area contributed by atoms with Gasteiger partial charge in [-0.3, -0.25) is 0 Å². The van der Waals surface area contributed by atoms with Crippen molar-refractivity contribution in [3.63, 3.8) is 0 Å². The van der Waals surface area contributed by atoms with Crippen LogP contribution in [0.25, 0.3) is 0 Å². The van der Waals surface area contributed by atoms with Crippen LogP contribution in [0.1, 0.15) is 107 Å². The normalized spacial score (nSPS) is 24.5. The summed E-state index contributed by atoms with van der Waals surface area (Å²) in [4.78, 5) is 0. The second-order valence-electron chi connectivity index (χ2n) is 11.4. The maximum atomic E-state index is 14.7. The van der Waals surface area contributed by atoms with E-state index in [1.54, 1.807) is 12.1 Å². The number of hydrogen-bond donors (Lipinski definition) is 0. The predicted molar refractivity (Wildman–Crippen MR) is 137 cm³/mol. The summed E-state index contributed by atoms with van der Waals surface area (Å²) in [6.45, 7) is 2.24. The van der Waals surface area contributed by atoms with E-state index in [4.69, 9.17) is 0 Å². The van der Waals surface area contributed by atoms with Crippen molar-refractivity contribution >= 4 is 0 Å². The van der Waals surface area contributed by atoms with Crippen molar-refractivity contribution in [2.24, 2.45) is 17.8 Å². The first-order valence-electron chi connectivity index (χ1n) is 14.2. The molecule has 0 heterocycles.